The lowest BCUT2D eigenvalue weighted by Crippen LogP contribution is -2.18. The molecule has 1 aliphatic rings. The van der Waals surface area contributed by atoms with Crippen LogP contribution in [0.4, 0.5) is 5.69 Å². The van der Waals surface area contributed by atoms with Crippen molar-refractivity contribution in [3.8, 4) is 0 Å². The van der Waals surface area contributed by atoms with E-state index in [1.165, 1.54) is 11.1 Å². The van der Waals surface area contributed by atoms with Crippen LogP contribution >= 0.6 is 0 Å². The first-order chi connectivity index (χ1) is 7.17. The third kappa shape index (κ3) is 3.09. The molecule has 0 atom stereocenters. The molecule has 1 heterocycles. The van der Waals surface area contributed by atoms with Gasteiger partial charge in [0.2, 0.25) is 5.91 Å². The molecule has 2 N–H and O–H groups in total. The molecule has 0 unspecified atom stereocenters. The van der Waals surface area contributed by atoms with Crippen molar-refractivity contribution in [2.24, 2.45) is 0 Å². The van der Waals surface area contributed by atoms with Gasteiger partial charge in [-0.2, -0.15) is 0 Å². The highest BCUT2D eigenvalue weighted by molar-refractivity contribution is 5.93. The van der Waals surface area contributed by atoms with E-state index in [1.807, 2.05) is 12.1 Å². The van der Waals surface area contributed by atoms with Crippen molar-refractivity contribution in [1.82, 2.24) is 0 Å². The number of nitrogens with one attached hydrogen (secondary N) is 1. The second kappa shape index (κ2) is 5.14. The van der Waals surface area contributed by atoms with Crippen LogP contribution in [0.1, 0.15) is 17.5 Å². The van der Waals surface area contributed by atoms with Crippen molar-refractivity contribution in [3.63, 3.8) is 0 Å². The molecule has 0 saturated heterocycles. The van der Waals surface area contributed by atoms with Gasteiger partial charge in [0.15, 0.2) is 0 Å². The summed E-state index contributed by atoms with van der Waals surface area (Å²) in [5.41, 5.74) is 3.50. The van der Waals surface area contributed by atoms with Crippen LogP contribution in [0.25, 0.3) is 0 Å². The van der Waals surface area contributed by atoms with E-state index in [2.05, 4.69) is 18.3 Å². The lowest BCUT2D eigenvalue weighted by atomic mass is 10.0. The highest BCUT2D eigenvalue weighted by Gasteiger charge is 2.13. The van der Waals surface area contributed by atoms with E-state index in [0.717, 1.165) is 12.1 Å². The molecule has 0 radical (unpaired) electrons. The van der Waals surface area contributed by atoms with Crippen molar-refractivity contribution >= 4 is 18.1 Å². The fourth-order valence-electron chi connectivity index (χ4n) is 1.51. The molecule has 2 rings (SSSR count). The molecule has 15 heavy (non-hydrogen) atoms. The van der Waals surface area contributed by atoms with E-state index in [-0.39, 0.29) is 12.4 Å². The SMILES string of the molecule is Cc1ccc2c(c1)CCC(=O)N2.O=CO. The predicted octanol–water partition coefficient (Wildman–Crippen LogP) is 1.58. The summed E-state index contributed by atoms with van der Waals surface area (Å²) in [6.07, 6.45) is 1.50. The summed E-state index contributed by atoms with van der Waals surface area (Å²) >= 11 is 0. The molecule has 1 aliphatic heterocycles. The van der Waals surface area contributed by atoms with Crippen molar-refractivity contribution in [3.05, 3.63) is 29.3 Å². The number of carbonyl (C=O) groups is 2. The first-order valence-electron chi connectivity index (χ1n) is 4.64. The van der Waals surface area contributed by atoms with Crippen LogP contribution in [0, 0.1) is 6.92 Å². The monoisotopic (exact) mass is 207 g/mol. The van der Waals surface area contributed by atoms with Crippen LogP contribution in [0.15, 0.2) is 18.2 Å². The number of carbonyl (C=O) groups excluding carboxylic acids is 1. The maximum atomic E-state index is 11.0. The second-order valence-corrected chi connectivity index (χ2v) is 3.31. The minimum absolute atomic E-state index is 0.131. The molecule has 0 bridgehead atoms. The fourth-order valence-corrected chi connectivity index (χ4v) is 1.51. The molecule has 0 fully saturated rings. The number of hydrogen-bond acceptors (Lipinski definition) is 2. The van der Waals surface area contributed by atoms with Gasteiger partial charge in [-0.05, 0) is 25.0 Å². The van der Waals surface area contributed by atoms with E-state index in [9.17, 15) is 4.79 Å². The maximum Gasteiger partial charge on any atom is 0.290 e. The Morgan fingerprint density at radius 2 is 2.07 bits per heavy atom. The third-order valence-corrected chi connectivity index (χ3v) is 2.16. The van der Waals surface area contributed by atoms with Crippen molar-refractivity contribution in [1.29, 1.82) is 0 Å². The lowest BCUT2D eigenvalue weighted by molar-refractivity contribution is -0.123. The molecule has 0 aliphatic carbocycles. The van der Waals surface area contributed by atoms with Crippen LogP contribution in [0.5, 0.6) is 0 Å². The summed E-state index contributed by atoms with van der Waals surface area (Å²) < 4.78 is 0. The molecule has 0 aromatic heterocycles. The number of benzene rings is 1. The Labute approximate surface area is 87.9 Å². The van der Waals surface area contributed by atoms with Crippen LogP contribution in [0.2, 0.25) is 0 Å². The Morgan fingerprint density at radius 1 is 1.40 bits per heavy atom. The zero-order valence-electron chi connectivity index (χ0n) is 8.49. The summed E-state index contributed by atoms with van der Waals surface area (Å²) in [4.78, 5) is 19.4. The highest BCUT2D eigenvalue weighted by Crippen LogP contribution is 2.22. The van der Waals surface area contributed by atoms with Gasteiger partial charge in [-0.15, -0.1) is 0 Å². The Morgan fingerprint density at radius 3 is 2.73 bits per heavy atom. The molecule has 80 valence electrons. The van der Waals surface area contributed by atoms with E-state index in [4.69, 9.17) is 9.90 Å². The van der Waals surface area contributed by atoms with E-state index < -0.39 is 0 Å². The number of anilines is 1. The first kappa shape index (κ1) is 11.2. The molecule has 0 spiro atoms. The Hall–Kier alpha value is -1.84. The van der Waals surface area contributed by atoms with Gasteiger partial charge in [-0.3, -0.25) is 9.59 Å². The van der Waals surface area contributed by atoms with Gasteiger partial charge < -0.3 is 10.4 Å². The minimum atomic E-state index is -0.250. The maximum absolute atomic E-state index is 11.0. The summed E-state index contributed by atoms with van der Waals surface area (Å²) in [6.45, 7) is 1.82. The largest absolute Gasteiger partial charge is 0.483 e. The van der Waals surface area contributed by atoms with Gasteiger partial charge >= 0.3 is 0 Å². The van der Waals surface area contributed by atoms with Crippen molar-refractivity contribution < 1.29 is 14.7 Å². The smallest absolute Gasteiger partial charge is 0.290 e. The molecular formula is C11H13NO3. The van der Waals surface area contributed by atoms with E-state index in [1.54, 1.807) is 0 Å². The second-order valence-electron chi connectivity index (χ2n) is 3.31. The average molecular weight is 207 g/mol. The van der Waals surface area contributed by atoms with Crippen LogP contribution in [0.3, 0.4) is 0 Å². The molecule has 0 saturated carbocycles. The lowest BCUT2D eigenvalue weighted by Gasteiger charge is -2.16. The normalized spacial score (nSPS) is 13.0. The molecule has 4 nitrogen and oxygen atoms in total. The first-order valence-corrected chi connectivity index (χ1v) is 4.64. The molecular weight excluding hydrogens is 194 g/mol. The van der Waals surface area contributed by atoms with Gasteiger partial charge in [0.1, 0.15) is 0 Å². The van der Waals surface area contributed by atoms with Gasteiger partial charge in [0, 0.05) is 12.1 Å². The number of hydrogen-bond donors (Lipinski definition) is 2. The number of carboxylic acid groups (broad SMARTS) is 1. The highest BCUT2D eigenvalue weighted by atomic mass is 16.3. The fraction of sp³-hybridized carbons (Fsp3) is 0.273. The van der Waals surface area contributed by atoms with E-state index in [0.29, 0.717) is 6.42 Å². The van der Waals surface area contributed by atoms with Gasteiger partial charge in [-0.1, -0.05) is 17.7 Å². The quantitative estimate of drug-likeness (QED) is 0.635. The van der Waals surface area contributed by atoms with Gasteiger partial charge in [-0.25, -0.2) is 0 Å². The average Bonchev–Trinajstić information content (AvgIpc) is 2.20. The van der Waals surface area contributed by atoms with Crippen LogP contribution in [-0.2, 0) is 16.0 Å². The summed E-state index contributed by atoms with van der Waals surface area (Å²) in [5.74, 6) is 0.131. The molecule has 1 aromatic carbocycles. The Kier molecular flexibility index (Phi) is 3.85. The molecule has 4 heteroatoms. The number of rotatable bonds is 0. The number of amides is 1. The number of aryl methyl sites for hydroxylation is 2. The minimum Gasteiger partial charge on any atom is -0.483 e. The number of fused-ring (bicyclic) bond motifs is 1. The van der Waals surface area contributed by atoms with Crippen molar-refractivity contribution in [2.75, 3.05) is 5.32 Å². The molecule has 1 aromatic rings. The van der Waals surface area contributed by atoms with Gasteiger partial charge in [0.05, 0.1) is 0 Å². The third-order valence-electron chi connectivity index (χ3n) is 2.16. The molecule has 1 amide bonds. The zero-order chi connectivity index (χ0) is 11.3. The van der Waals surface area contributed by atoms with Crippen molar-refractivity contribution in [2.45, 2.75) is 19.8 Å². The zero-order valence-corrected chi connectivity index (χ0v) is 8.49. The summed E-state index contributed by atoms with van der Waals surface area (Å²) in [5, 5.41) is 9.74. The Bertz CT molecular complexity index is 374. The Balaban J connectivity index is 0.000000337. The standard InChI is InChI=1S/C10H11NO.CH2O2/c1-7-2-4-9-8(6-7)3-5-10(12)11-9;2-1-3/h2,4,6H,3,5H2,1H3,(H,11,12);1H,(H,2,3). The topological polar surface area (TPSA) is 66.4 Å². The predicted molar refractivity (Wildman–Crippen MR) is 56.8 cm³/mol. The van der Waals surface area contributed by atoms with Crippen LogP contribution in [-0.4, -0.2) is 17.5 Å². The summed E-state index contributed by atoms with van der Waals surface area (Å²) in [7, 11) is 0. The summed E-state index contributed by atoms with van der Waals surface area (Å²) in [6, 6.07) is 6.13. The van der Waals surface area contributed by atoms with Crippen LogP contribution < -0.4 is 5.32 Å². The van der Waals surface area contributed by atoms with E-state index >= 15 is 0 Å². The van der Waals surface area contributed by atoms with Gasteiger partial charge in [0.25, 0.3) is 6.47 Å².